The van der Waals surface area contributed by atoms with E-state index < -0.39 is 27.9 Å². The zero-order valence-corrected chi connectivity index (χ0v) is 12.3. The van der Waals surface area contributed by atoms with Crippen LogP contribution in [0.4, 0.5) is 13.2 Å². The summed E-state index contributed by atoms with van der Waals surface area (Å²) in [6, 6.07) is 1.07. The fraction of sp³-hybridized carbons (Fsp3) is 0.583. The molecule has 3 N–H and O–H groups in total. The third-order valence-electron chi connectivity index (χ3n) is 2.85. The predicted octanol–water partition coefficient (Wildman–Crippen LogP) is 1.90. The van der Waals surface area contributed by atoms with Gasteiger partial charge >= 0.3 is 6.18 Å². The first-order valence-corrected chi connectivity index (χ1v) is 7.94. The van der Waals surface area contributed by atoms with Crippen molar-refractivity contribution in [1.82, 2.24) is 9.71 Å². The van der Waals surface area contributed by atoms with Gasteiger partial charge in [0.15, 0.2) is 0 Å². The van der Waals surface area contributed by atoms with Gasteiger partial charge in [-0.1, -0.05) is 19.8 Å². The highest BCUT2D eigenvalue weighted by atomic mass is 32.2. The summed E-state index contributed by atoms with van der Waals surface area (Å²) in [6.07, 6.45) is -1.65. The second-order valence-electron chi connectivity index (χ2n) is 4.57. The van der Waals surface area contributed by atoms with Crippen LogP contribution in [-0.2, 0) is 16.2 Å². The average Bonchev–Trinajstić information content (AvgIpc) is 2.42. The Morgan fingerprint density at radius 1 is 1.38 bits per heavy atom. The summed E-state index contributed by atoms with van der Waals surface area (Å²) in [5.74, 6) is 0. The van der Waals surface area contributed by atoms with Crippen LogP contribution >= 0.6 is 0 Å². The largest absolute Gasteiger partial charge is 0.433 e. The number of rotatable bonds is 7. The van der Waals surface area contributed by atoms with Crippen LogP contribution in [0.25, 0.3) is 0 Å². The number of nitrogens with two attached hydrogens (primary N) is 1. The minimum absolute atomic E-state index is 0.118. The van der Waals surface area contributed by atoms with Gasteiger partial charge in [0.2, 0.25) is 10.0 Å². The molecular formula is C12H18F3N3O2S. The Morgan fingerprint density at radius 2 is 2.05 bits per heavy atom. The molecule has 1 aromatic heterocycles. The van der Waals surface area contributed by atoms with Crippen molar-refractivity contribution in [2.24, 2.45) is 5.73 Å². The summed E-state index contributed by atoms with van der Waals surface area (Å²) in [5.41, 5.74) is 4.35. The van der Waals surface area contributed by atoms with E-state index in [0.29, 0.717) is 18.7 Å². The van der Waals surface area contributed by atoms with Crippen LogP contribution in [0.15, 0.2) is 23.2 Å². The standard InChI is InChI=1S/C12H18F3N3O2S/c1-2-3-4-9(7-16)18-21(19,20)10-5-6-11(17-8-10)12(13,14)15/h5-6,8-9,18H,2-4,7,16H2,1H3. The third kappa shape index (κ3) is 5.25. The highest BCUT2D eigenvalue weighted by Gasteiger charge is 2.32. The first-order chi connectivity index (χ1) is 9.70. The number of aromatic nitrogens is 1. The number of hydrogen-bond acceptors (Lipinski definition) is 4. The van der Waals surface area contributed by atoms with Crippen molar-refractivity contribution < 1.29 is 21.6 Å². The summed E-state index contributed by atoms with van der Waals surface area (Å²) in [6.45, 7) is 2.08. The fourth-order valence-corrected chi connectivity index (χ4v) is 2.90. The smallest absolute Gasteiger partial charge is 0.329 e. The Labute approximate surface area is 121 Å². The van der Waals surface area contributed by atoms with E-state index in [-0.39, 0.29) is 11.4 Å². The first kappa shape index (κ1) is 17.9. The van der Waals surface area contributed by atoms with Crippen molar-refractivity contribution in [1.29, 1.82) is 0 Å². The maximum Gasteiger partial charge on any atom is 0.433 e. The number of sulfonamides is 1. The van der Waals surface area contributed by atoms with Crippen LogP contribution in [0.1, 0.15) is 31.9 Å². The molecule has 5 nitrogen and oxygen atoms in total. The molecule has 0 amide bonds. The molecule has 0 saturated heterocycles. The second kappa shape index (κ2) is 7.19. The minimum Gasteiger partial charge on any atom is -0.329 e. The van der Waals surface area contributed by atoms with E-state index in [1.165, 1.54) is 0 Å². The van der Waals surface area contributed by atoms with Crippen LogP contribution in [0.2, 0.25) is 0 Å². The Hall–Kier alpha value is -1.19. The monoisotopic (exact) mass is 325 g/mol. The molecule has 120 valence electrons. The molecule has 1 heterocycles. The molecule has 0 spiro atoms. The molecule has 0 fully saturated rings. The van der Waals surface area contributed by atoms with E-state index in [1.54, 1.807) is 0 Å². The summed E-state index contributed by atoms with van der Waals surface area (Å²) in [5, 5.41) is 0. The Kier molecular flexibility index (Phi) is 6.11. The summed E-state index contributed by atoms with van der Waals surface area (Å²) in [4.78, 5) is 2.82. The molecule has 0 saturated carbocycles. The number of alkyl halides is 3. The average molecular weight is 325 g/mol. The molecular weight excluding hydrogens is 307 g/mol. The molecule has 1 rings (SSSR count). The lowest BCUT2D eigenvalue weighted by Gasteiger charge is -2.16. The molecule has 0 aliphatic carbocycles. The Balaban J connectivity index is 2.87. The van der Waals surface area contributed by atoms with Crippen molar-refractivity contribution in [3.8, 4) is 0 Å². The van der Waals surface area contributed by atoms with E-state index >= 15 is 0 Å². The van der Waals surface area contributed by atoms with Gasteiger partial charge in [0.05, 0.1) is 0 Å². The van der Waals surface area contributed by atoms with Gasteiger partial charge in [0.1, 0.15) is 10.6 Å². The van der Waals surface area contributed by atoms with Crippen molar-refractivity contribution >= 4 is 10.0 Å². The van der Waals surface area contributed by atoms with E-state index in [4.69, 9.17) is 5.73 Å². The zero-order chi connectivity index (χ0) is 16.1. The molecule has 1 aromatic rings. The fourth-order valence-electron chi connectivity index (χ4n) is 1.67. The second-order valence-corrected chi connectivity index (χ2v) is 6.29. The van der Waals surface area contributed by atoms with Crippen LogP contribution in [-0.4, -0.2) is 26.0 Å². The van der Waals surface area contributed by atoms with Gasteiger partial charge < -0.3 is 5.73 Å². The van der Waals surface area contributed by atoms with Gasteiger partial charge in [-0.25, -0.2) is 13.1 Å². The molecule has 0 aliphatic heterocycles. The third-order valence-corrected chi connectivity index (χ3v) is 4.36. The van der Waals surface area contributed by atoms with Crippen LogP contribution < -0.4 is 10.5 Å². The quantitative estimate of drug-likeness (QED) is 0.802. The van der Waals surface area contributed by atoms with Crippen LogP contribution in [0.3, 0.4) is 0 Å². The zero-order valence-electron chi connectivity index (χ0n) is 11.5. The first-order valence-electron chi connectivity index (χ1n) is 6.46. The molecule has 1 atom stereocenters. The Morgan fingerprint density at radius 3 is 2.48 bits per heavy atom. The predicted molar refractivity (Wildman–Crippen MR) is 71.9 cm³/mol. The number of pyridine rings is 1. The minimum atomic E-state index is -4.60. The number of nitrogens with zero attached hydrogens (tertiary/aromatic N) is 1. The van der Waals surface area contributed by atoms with Gasteiger partial charge in [0.25, 0.3) is 0 Å². The van der Waals surface area contributed by atoms with Crippen molar-refractivity contribution in [3.63, 3.8) is 0 Å². The highest BCUT2D eigenvalue weighted by molar-refractivity contribution is 7.89. The SMILES string of the molecule is CCCCC(CN)NS(=O)(=O)c1ccc(C(F)(F)F)nc1. The summed E-state index contributed by atoms with van der Waals surface area (Å²) < 4.78 is 63.6. The lowest BCUT2D eigenvalue weighted by Crippen LogP contribution is -2.40. The van der Waals surface area contributed by atoms with Crippen molar-refractivity contribution in [2.45, 2.75) is 43.3 Å². The van der Waals surface area contributed by atoms with Gasteiger partial charge in [0, 0.05) is 18.8 Å². The number of nitrogens with one attached hydrogen (secondary N) is 1. The van der Waals surface area contributed by atoms with Crippen LogP contribution in [0, 0.1) is 0 Å². The van der Waals surface area contributed by atoms with Gasteiger partial charge in [-0.05, 0) is 18.6 Å². The van der Waals surface area contributed by atoms with E-state index in [1.807, 2.05) is 6.92 Å². The normalized spacial score (nSPS) is 14.1. The molecule has 1 unspecified atom stereocenters. The van der Waals surface area contributed by atoms with Gasteiger partial charge in [-0.2, -0.15) is 13.2 Å². The lowest BCUT2D eigenvalue weighted by molar-refractivity contribution is -0.141. The molecule has 0 aliphatic rings. The maximum absolute atomic E-state index is 12.4. The number of hydrogen-bond donors (Lipinski definition) is 2. The number of unbranched alkanes of at least 4 members (excludes halogenated alkanes) is 1. The molecule has 21 heavy (non-hydrogen) atoms. The van der Waals surface area contributed by atoms with Gasteiger partial charge in [-0.3, -0.25) is 4.98 Å². The lowest BCUT2D eigenvalue weighted by atomic mass is 10.1. The highest BCUT2D eigenvalue weighted by Crippen LogP contribution is 2.27. The topological polar surface area (TPSA) is 85.1 Å². The van der Waals surface area contributed by atoms with E-state index in [9.17, 15) is 21.6 Å². The van der Waals surface area contributed by atoms with E-state index in [2.05, 4.69) is 9.71 Å². The van der Waals surface area contributed by atoms with Gasteiger partial charge in [-0.15, -0.1) is 0 Å². The number of halogens is 3. The summed E-state index contributed by atoms with van der Waals surface area (Å²) >= 11 is 0. The molecule has 0 radical (unpaired) electrons. The van der Waals surface area contributed by atoms with Crippen molar-refractivity contribution in [3.05, 3.63) is 24.0 Å². The molecule has 0 aromatic carbocycles. The Bertz CT molecular complexity index is 544. The molecule has 0 bridgehead atoms. The molecule has 9 heteroatoms. The summed E-state index contributed by atoms with van der Waals surface area (Å²) in [7, 11) is -3.92. The van der Waals surface area contributed by atoms with E-state index in [0.717, 1.165) is 18.9 Å². The van der Waals surface area contributed by atoms with Crippen molar-refractivity contribution in [2.75, 3.05) is 6.54 Å². The maximum atomic E-state index is 12.4. The van der Waals surface area contributed by atoms with Crippen LogP contribution in [0.5, 0.6) is 0 Å².